The van der Waals surface area contributed by atoms with Gasteiger partial charge in [0.25, 0.3) is 5.56 Å². The van der Waals surface area contributed by atoms with Gasteiger partial charge in [0.1, 0.15) is 5.82 Å². The minimum absolute atomic E-state index is 0.0836. The maximum atomic E-state index is 13.1. The fourth-order valence-corrected chi connectivity index (χ4v) is 4.17. The van der Waals surface area contributed by atoms with Crippen LogP contribution in [0.3, 0.4) is 0 Å². The highest BCUT2D eigenvalue weighted by Crippen LogP contribution is 2.33. The maximum absolute atomic E-state index is 13.1. The van der Waals surface area contributed by atoms with Crippen molar-refractivity contribution in [1.29, 1.82) is 0 Å². The molecule has 1 aliphatic rings. The summed E-state index contributed by atoms with van der Waals surface area (Å²) in [6, 6.07) is 4.74. The number of allylic oxidation sites excluding steroid dienone is 2. The Morgan fingerprint density at radius 1 is 1.29 bits per heavy atom. The molecule has 0 spiro atoms. The molecule has 2 unspecified atom stereocenters. The molecule has 1 aromatic carbocycles. The first-order chi connectivity index (χ1) is 16.0. The largest absolute Gasteiger partial charge is 0.416 e. The average molecular weight is 479 g/mol. The van der Waals surface area contributed by atoms with E-state index in [1.165, 1.54) is 12.1 Å². The lowest BCUT2D eigenvalue weighted by Crippen LogP contribution is -2.52. The van der Waals surface area contributed by atoms with E-state index in [1.54, 1.807) is 0 Å². The number of rotatable bonds is 8. The number of unbranched alkanes of at least 4 members (excludes halogenated alkanes) is 1. The predicted octanol–water partition coefficient (Wildman–Crippen LogP) is 4.72. The van der Waals surface area contributed by atoms with Crippen LogP contribution in [0.4, 0.5) is 13.2 Å². The van der Waals surface area contributed by atoms with Crippen molar-refractivity contribution in [3.8, 4) is 11.4 Å². The van der Waals surface area contributed by atoms with Crippen LogP contribution in [0.15, 0.2) is 41.2 Å². The molecule has 2 heterocycles. The van der Waals surface area contributed by atoms with Crippen molar-refractivity contribution in [3.63, 3.8) is 0 Å². The number of hydrogen-bond donors (Lipinski definition) is 2. The molecule has 0 fully saturated rings. The van der Waals surface area contributed by atoms with Crippen molar-refractivity contribution in [2.45, 2.75) is 71.1 Å². The summed E-state index contributed by atoms with van der Waals surface area (Å²) < 4.78 is 38.8. The molecule has 9 heteroatoms. The van der Waals surface area contributed by atoms with Crippen molar-refractivity contribution in [2.24, 2.45) is 0 Å². The van der Waals surface area contributed by atoms with Crippen LogP contribution in [0.2, 0.25) is 0 Å². The third-order valence-corrected chi connectivity index (χ3v) is 6.40. The summed E-state index contributed by atoms with van der Waals surface area (Å²) in [5.41, 5.74) is 0.492. The maximum Gasteiger partial charge on any atom is 0.416 e. The van der Waals surface area contributed by atoms with Crippen LogP contribution in [0, 0.1) is 0 Å². The molecular weight excluding hydrogens is 445 g/mol. The Balaban J connectivity index is 1.97. The van der Waals surface area contributed by atoms with E-state index in [9.17, 15) is 23.1 Å². The molecule has 2 aromatic rings. The second-order valence-electron chi connectivity index (χ2n) is 9.09. The second-order valence-corrected chi connectivity index (χ2v) is 9.09. The van der Waals surface area contributed by atoms with Crippen molar-refractivity contribution < 1.29 is 18.3 Å². The van der Waals surface area contributed by atoms with Gasteiger partial charge < -0.3 is 10.1 Å². The molecule has 0 saturated heterocycles. The number of halogens is 3. The second kappa shape index (κ2) is 10.8. The van der Waals surface area contributed by atoms with Gasteiger partial charge in [0, 0.05) is 30.6 Å². The number of fused-ring (bicyclic) bond motifs is 1. The molecule has 0 amide bonds. The highest BCUT2D eigenvalue weighted by molar-refractivity contribution is 5.56. The first kappa shape index (κ1) is 26.1. The molecule has 6 nitrogen and oxygen atoms in total. The SMILES string of the molecule is C/C=C/CCCC1CN(C(O)N(C)C(C)C)Cc2c1nc(-c1ccc(C(F)(F)F)cc1)[nH]c2=O. The Hall–Kier alpha value is -2.49. The van der Waals surface area contributed by atoms with E-state index in [0.29, 0.717) is 23.4 Å². The third kappa shape index (κ3) is 5.95. The van der Waals surface area contributed by atoms with Gasteiger partial charge in [0.2, 0.25) is 0 Å². The number of hydrogen-bond acceptors (Lipinski definition) is 5. The molecule has 1 aromatic heterocycles. The van der Waals surface area contributed by atoms with Gasteiger partial charge in [0.05, 0.1) is 16.8 Å². The molecular formula is C25H33F3N4O2. The van der Waals surface area contributed by atoms with Gasteiger partial charge in [-0.2, -0.15) is 13.2 Å². The molecule has 0 aliphatic carbocycles. The highest BCUT2D eigenvalue weighted by Gasteiger charge is 2.34. The molecule has 3 rings (SSSR count). The molecule has 0 radical (unpaired) electrons. The van der Waals surface area contributed by atoms with Crippen molar-refractivity contribution in [3.05, 3.63) is 63.6 Å². The van der Waals surface area contributed by atoms with Crippen LogP contribution in [-0.4, -0.2) is 50.9 Å². The first-order valence-corrected chi connectivity index (χ1v) is 11.6. The minimum atomic E-state index is -4.43. The number of nitrogens with zero attached hydrogens (tertiary/aromatic N) is 3. The molecule has 2 atom stereocenters. The summed E-state index contributed by atoms with van der Waals surface area (Å²) >= 11 is 0. The third-order valence-electron chi connectivity index (χ3n) is 6.40. The zero-order valence-electron chi connectivity index (χ0n) is 20.1. The monoisotopic (exact) mass is 478 g/mol. The average Bonchev–Trinajstić information content (AvgIpc) is 2.80. The van der Waals surface area contributed by atoms with E-state index in [2.05, 4.69) is 11.1 Å². The van der Waals surface area contributed by atoms with E-state index in [-0.39, 0.29) is 29.9 Å². The quantitative estimate of drug-likeness (QED) is 0.326. The lowest BCUT2D eigenvalue weighted by molar-refractivity contribution is -0.137. The van der Waals surface area contributed by atoms with Gasteiger partial charge in [-0.3, -0.25) is 14.6 Å². The molecule has 2 N–H and O–H groups in total. The van der Waals surface area contributed by atoms with Gasteiger partial charge in [-0.1, -0.05) is 24.3 Å². The van der Waals surface area contributed by atoms with Crippen LogP contribution >= 0.6 is 0 Å². The van der Waals surface area contributed by atoms with E-state index >= 15 is 0 Å². The fraction of sp³-hybridized carbons (Fsp3) is 0.520. The highest BCUT2D eigenvalue weighted by atomic mass is 19.4. The van der Waals surface area contributed by atoms with Crippen molar-refractivity contribution in [2.75, 3.05) is 13.6 Å². The summed E-state index contributed by atoms with van der Waals surface area (Å²) in [6.07, 6.45) is 1.36. The molecule has 34 heavy (non-hydrogen) atoms. The molecule has 0 saturated carbocycles. The molecule has 0 bridgehead atoms. The Kier molecular flexibility index (Phi) is 8.33. The van der Waals surface area contributed by atoms with Gasteiger partial charge in [-0.25, -0.2) is 4.98 Å². The van der Waals surface area contributed by atoms with Crippen LogP contribution in [0.1, 0.15) is 62.8 Å². The number of alkyl halides is 3. The van der Waals surface area contributed by atoms with E-state index in [4.69, 9.17) is 4.98 Å². The number of benzene rings is 1. The summed E-state index contributed by atoms with van der Waals surface area (Å²) in [7, 11) is 1.84. The Bertz CT molecular complexity index is 1050. The predicted molar refractivity (Wildman–Crippen MR) is 126 cm³/mol. The normalized spacial score (nSPS) is 18.1. The van der Waals surface area contributed by atoms with Crippen LogP contribution < -0.4 is 5.56 Å². The topological polar surface area (TPSA) is 72.5 Å². The summed E-state index contributed by atoms with van der Waals surface area (Å²) in [4.78, 5) is 24.2. The van der Waals surface area contributed by atoms with Gasteiger partial charge in [-0.15, -0.1) is 0 Å². The standard InChI is InChI=1S/C25H33F3N4O2/c1-5-6-7-8-9-18-14-32(24(34)31(4)16(2)3)15-20-21(18)29-22(30-23(20)33)17-10-12-19(13-11-17)25(26,27)28/h5-6,10-13,16,18,24,34H,7-9,14-15H2,1-4H3,(H,29,30,33)/b6-5+. The van der Waals surface area contributed by atoms with E-state index in [0.717, 1.165) is 31.4 Å². The Labute approximate surface area is 198 Å². The van der Waals surface area contributed by atoms with Crippen LogP contribution in [-0.2, 0) is 12.7 Å². The van der Waals surface area contributed by atoms with E-state index < -0.39 is 18.1 Å². The van der Waals surface area contributed by atoms with Gasteiger partial charge in [-0.05, 0) is 59.2 Å². The number of nitrogens with one attached hydrogen (secondary N) is 1. The number of H-pyrrole nitrogens is 1. The summed E-state index contributed by atoms with van der Waals surface area (Å²) in [5.74, 6) is 0.170. The molecule has 1 aliphatic heterocycles. The minimum Gasteiger partial charge on any atom is -0.365 e. The van der Waals surface area contributed by atoms with E-state index in [1.807, 2.05) is 43.7 Å². The van der Waals surface area contributed by atoms with Crippen LogP contribution in [0.25, 0.3) is 11.4 Å². The lowest BCUT2D eigenvalue weighted by atomic mass is 9.90. The first-order valence-electron chi connectivity index (χ1n) is 11.6. The Morgan fingerprint density at radius 3 is 2.56 bits per heavy atom. The van der Waals surface area contributed by atoms with Crippen LogP contribution in [0.5, 0.6) is 0 Å². The summed E-state index contributed by atoms with van der Waals surface area (Å²) in [6.45, 7) is 6.71. The van der Waals surface area contributed by atoms with Gasteiger partial charge in [0.15, 0.2) is 6.35 Å². The fourth-order valence-electron chi connectivity index (χ4n) is 4.17. The molecule has 186 valence electrons. The smallest absolute Gasteiger partial charge is 0.365 e. The summed E-state index contributed by atoms with van der Waals surface area (Å²) in [5, 5.41) is 10.9. The Morgan fingerprint density at radius 2 is 1.97 bits per heavy atom. The van der Waals surface area contributed by atoms with Crippen molar-refractivity contribution >= 4 is 0 Å². The van der Waals surface area contributed by atoms with Crippen molar-refractivity contribution in [1.82, 2.24) is 19.8 Å². The van der Waals surface area contributed by atoms with Gasteiger partial charge >= 0.3 is 6.18 Å². The lowest BCUT2D eigenvalue weighted by Gasteiger charge is -2.40. The number of aliphatic hydroxyl groups is 1. The number of aromatic nitrogens is 2. The zero-order chi connectivity index (χ0) is 25.0. The number of aromatic amines is 1. The number of aliphatic hydroxyl groups excluding tert-OH is 1. The zero-order valence-corrected chi connectivity index (χ0v) is 20.1.